The van der Waals surface area contributed by atoms with Crippen molar-refractivity contribution >= 4 is 39.9 Å². The molecule has 0 bridgehead atoms. The van der Waals surface area contributed by atoms with Gasteiger partial charge in [0.15, 0.2) is 0 Å². The Hall–Kier alpha value is -5.97. The number of anilines is 4. The fourth-order valence-electron chi connectivity index (χ4n) is 4.72. The number of rotatable bonds is 9. The van der Waals surface area contributed by atoms with Gasteiger partial charge in [-0.1, -0.05) is 48.9 Å². The first-order chi connectivity index (χ1) is 21.4. The molecule has 0 unspecified atom stereocenters. The molecule has 3 heterocycles. The third-order valence-electron chi connectivity index (χ3n) is 6.92. The number of carbonyl (C=O) groups is 1. The van der Waals surface area contributed by atoms with Crippen molar-refractivity contribution in [3.63, 3.8) is 0 Å². The second-order valence-electron chi connectivity index (χ2n) is 10.1. The number of aromatic nitrogens is 5. The Balaban J connectivity index is 1.16. The lowest BCUT2D eigenvalue weighted by atomic mass is 10.1. The molecular weight excluding hydrogens is 556 g/mol. The van der Waals surface area contributed by atoms with E-state index in [1.807, 2.05) is 80.6 Å². The highest BCUT2D eigenvalue weighted by atomic mass is 16.5. The van der Waals surface area contributed by atoms with Crippen LogP contribution in [0.1, 0.15) is 23.7 Å². The fraction of sp³-hybridized carbons (Fsp3) is 0.121. The lowest BCUT2D eigenvalue weighted by Crippen LogP contribution is -2.21. The van der Waals surface area contributed by atoms with E-state index in [1.54, 1.807) is 24.7 Å². The molecule has 3 aromatic heterocycles. The number of amides is 2. The molecule has 0 spiro atoms. The van der Waals surface area contributed by atoms with Crippen molar-refractivity contribution in [3.05, 3.63) is 125 Å². The van der Waals surface area contributed by atoms with Gasteiger partial charge >= 0.3 is 6.03 Å². The molecule has 0 aliphatic rings. The first kappa shape index (κ1) is 28.2. The molecule has 6 rings (SSSR count). The van der Waals surface area contributed by atoms with Crippen molar-refractivity contribution in [2.45, 2.75) is 26.9 Å². The Labute approximate surface area is 253 Å². The van der Waals surface area contributed by atoms with Crippen molar-refractivity contribution in [2.75, 3.05) is 16.0 Å². The van der Waals surface area contributed by atoms with E-state index in [4.69, 9.17) is 4.74 Å². The van der Waals surface area contributed by atoms with Crippen LogP contribution in [0.2, 0.25) is 0 Å². The van der Waals surface area contributed by atoms with Crippen LogP contribution in [0.4, 0.5) is 27.9 Å². The van der Waals surface area contributed by atoms with Crippen LogP contribution < -0.4 is 26.2 Å². The van der Waals surface area contributed by atoms with E-state index in [1.165, 1.54) is 10.7 Å². The van der Waals surface area contributed by atoms with Crippen LogP contribution in [0.25, 0.3) is 16.5 Å². The second kappa shape index (κ2) is 12.5. The molecule has 2 amide bonds. The maximum atomic E-state index is 13.1. The minimum absolute atomic E-state index is 0.305. The van der Waals surface area contributed by atoms with E-state index in [9.17, 15) is 9.59 Å². The van der Waals surface area contributed by atoms with Gasteiger partial charge in [-0.25, -0.2) is 19.4 Å². The molecule has 0 saturated heterocycles. The number of ether oxygens (including phenoxy) is 1. The first-order valence-corrected chi connectivity index (χ1v) is 14.1. The summed E-state index contributed by atoms with van der Waals surface area (Å²) < 4.78 is 7.76. The summed E-state index contributed by atoms with van der Waals surface area (Å²) in [5, 5.41) is 13.2. The van der Waals surface area contributed by atoms with Crippen molar-refractivity contribution in [3.8, 4) is 11.4 Å². The van der Waals surface area contributed by atoms with Gasteiger partial charge in [0.05, 0.1) is 23.3 Å². The number of urea groups is 1. The number of fused-ring (bicyclic) bond motifs is 1. The highest BCUT2D eigenvalue weighted by Crippen LogP contribution is 2.32. The lowest BCUT2D eigenvalue weighted by Gasteiger charge is -2.15. The van der Waals surface area contributed by atoms with Gasteiger partial charge in [0.1, 0.15) is 29.8 Å². The number of aryl methyl sites for hydroxylation is 2. The third-order valence-corrected chi connectivity index (χ3v) is 6.92. The Morgan fingerprint density at radius 2 is 1.75 bits per heavy atom. The third kappa shape index (κ3) is 6.41. The standard InChI is InChI=1S/C33H30N8O3/c1-3-23-18-34-19-30(36-23)38-29-16-22(14-15-35-29)20-44-28-13-12-27(25-6-4-5-7-26(25)28)37-33(43)39-31-17-32(42)40-41(31)24-10-8-21(2)9-11-24/h4-19H,3,20H2,1-2H3,(H,40,42)(H,35,36,38)(H2,37,39,43). The zero-order chi connectivity index (χ0) is 30.5. The predicted octanol–water partition coefficient (Wildman–Crippen LogP) is 6.34. The largest absolute Gasteiger partial charge is 0.488 e. The maximum Gasteiger partial charge on any atom is 0.324 e. The Bertz CT molecular complexity index is 2000. The van der Waals surface area contributed by atoms with Gasteiger partial charge in [-0.05, 0) is 55.3 Å². The minimum Gasteiger partial charge on any atom is -0.488 e. The molecule has 0 saturated carbocycles. The number of nitrogens with zero attached hydrogens (tertiary/aromatic N) is 4. The van der Waals surface area contributed by atoms with Gasteiger partial charge in [-0.15, -0.1) is 0 Å². The van der Waals surface area contributed by atoms with E-state index in [0.29, 0.717) is 35.5 Å². The summed E-state index contributed by atoms with van der Waals surface area (Å²) in [5.41, 5.74) is 3.88. The summed E-state index contributed by atoms with van der Waals surface area (Å²) in [6, 6.07) is 23.5. The highest BCUT2D eigenvalue weighted by molar-refractivity contribution is 6.07. The summed E-state index contributed by atoms with van der Waals surface area (Å²) in [5.74, 6) is 2.25. The molecule has 44 heavy (non-hydrogen) atoms. The van der Waals surface area contributed by atoms with Gasteiger partial charge < -0.3 is 15.4 Å². The highest BCUT2D eigenvalue weighted by Gasteiger charge is 2.13. The van der Waals surface area contributed by atoms with Crippen LogP contribution in [0, 0.1) is 6.92 Å². The average molecular weight is 587 g/mol. The number of carbonyl (C=O) groups excluding carboxylic acids is 1. The van der Waals surface area contributed by atoms with Gasteiger partial charge in [0, 0.05) is 29.2 Å². The van der Waals surface area contributed by atoms with Crippen LogP contribution in [0.3, 0.4) is 0 Å². The molecule has 0 aliphatic heterocycles. The monoisotopic (exact) mass is 586 g/mol. The SMILES string of the molecule is CCc1cncc(Nc2cc(COc3ccc(NC(=O)Nc4cc(=O)[nH]n4-c4ccc(C)cc4)c4ccccc34)ccn2)n1. The van der Waals surface area contributed by atoms with Crippen LogP contribution in [0.5, 0.6) is 5.75 Å². The Morgan fingerprint density at radius 1 is 0.932 bits per heavy atom. The molecule has 11 nitrogen and oxygen atoms in total. The molecule has 6 aromatic rings. The van der Waals surface area contributed by atoms with E-state index in [-0.39, 0.29) is 5.56 Å². The number of H-pyrrole nitrogens is 1. The molecule has 3 aromatic carbocycles. The zero-order valence-electron chi connectivity index (χ0n) is 24.2. The number of pyridine rings is 1. The van der Waals surface area contributed by atoms with Crippen molar-refractivity contribution in [1.29, 1.82) is 0 Å². The molecule has 0 radical (unpaired) electrons. The van der Waals surface area contributed by atoms with Gasteiger partial charge in [0.2, 0.25) is 0 Å². The maximum absolute atomic E-state index is 13.1. The minimum atomic E-state index is -0.491. The first-order valence-electron chi connectivity index (χ1n) is 14.1. The summed E-state index contributed by atoms with van der Waals surface area (Å²) in [6.07, 6.45) is 5.91. The van der Waals surface area contributed by atoms with Crippen molar-refractivity contribution < 1.29 is 9.53 Å². The molecule has 11 heteroatoms. The normalized spacial score (nSPS) is 10.9. The topological polar surface area (TPSA) is 139 Å². The number of hydrogen-bond acceptors (Lipinski definition) is 7. The number of aromatic amines is 1. The molecule has 0 fully saturated rings. The van der Waals surface area contributed by atoms with Crippen LogP contribution in [0.15, 0.2) is 102 Å². The summed E-state index contributed by atoms with van der Waals surface area (Å²) >= 11 is 0. The summed E-state index contributed by atoms with van der Waals surface area (Å²) in [7, 11) is 0. The van der Waals surface area contributed by atoms with Crippen LogP contribution in [-0.4, -0.2) is 30.8 Å². The number of hydrogen-bond donors (Lipinski definition) is 4. The zero-order valence-corrected chi connectivity index (χ0v) is 24.2. The molecule has 220 valence electrons. The van der Waals surface area contributed by atoms with E-state index < -0.39 is 6.03 Å². The molecule has 4 N–H and O–H groups in total. The smallest absolute Gasteiger partial charge is 0.324 e. The van der Waals surface area contributed by atoms with E-state index in [2.05, 4.69) is 36.0 Å². The van der Waals surface area contributed by atoms with E-state index in [0.717, 1.165) is 39.7 Å². The fourth-order valence-corrected chi connectivity index (χ4v) is 4.72. The number of nitrogens with one attached hydrogen (secondary N) is 4. The van der Waals surface area contributed by atoms with Gasteiger partial charge in [-0.2, -0.15) is 0 Å². The van der Waals surface area contributed by atoms with E-state index >= 15 is 0 Å². The molecule has 0 aliphatic carbocycles. The van der Waals surface area contributed by atoms with Gasteiger partial charge in [0.25, 0.3) is 5.56 Å². The average Bonchev–Trinajstić information content (AvgIpc) is 3.40. The van der Waals surface area contributed by atoms with Crippen LogP contribution >= 0.6 is 0 Å². The summed E-state index contributed by atoms with van der Waals surface area (Å²) in [6.45, 7) is 4.31. The van der Waals surface area contributed by atoms with Crippen molar-refractivity contribution in [1.82, 2.24) is 24.7 Å². The van der Waals surface area contributed by atoms with Crippen molar-refractivity contribution in [2.24, 2.45) is 0 Å². The molecular formula is C33H30N8O3. The lowest BCUT2D eigenvalue weighted by molar-refractivity contribution is 0.262. The molecule has 0 atom stereocenters. The second-order valence-corrected chi connectivity index (χ2v) is 10.1. The number of benzene rings is 3. The van der Waals surface area contributed by atoms with Crippen LogP contribution in [-0.2, 0) is 13.0 Å². The van der Waals surface area contributed by atoms with Gasteiger partial charge in [-0.3, -0.25) is 20.2 Å². The Morgan fingerprint density at radius 3 is 2.57 bits per heavy atom. The predicted molar refractivity (Wildman–Crippen MR) is 171 cm³/mol. The Kier molecular flexibility index (Phi) is 8.00. The quantitative estimate of drug-likeness (QED) is 0.155. The summed E-state index contributed by atoms with van der Waals surface area (Å²) in [4.78, 5) is 38.3.